The molecule has 122 valence electrons. The van der Waals surface area contributed by atoms with E-state index in [0.717, 1.165) is 24.2 Å². The summed E-state index contributed by atoms with van der Waals surface area (Å²) in [6.07, 6.45) is 8.72. The normalized spacial score (nSPS) is 19.3. The molecule has 4 rings (SSSR count). The molecule has 1 saturated heterocycles. The predicted octanol–water partition coefficient (Wildman–Crippen LogP) is 2.23. The summed E-state index contributed by atoms with van der Waals surface area (Å²) in [7, 11) is 0. The molecule has 0 radical (unpaired) electrons. The Hall–Kier alpha value is -1.72. The van der Waals surface area contributed by atoms with Gasteiger partial charge in [-0.05, 0) is 62.4 Å². The van der Waals surface area contributed by atoms with Crippen molar-refractivity contribution in [2.75, 3.05) is 19.6 Å². The minimum atomic E-state index is 0.819. The highest BCUT2D eigenvalue weighted by Crippen LogP contribution is 2.30. The van der Waals surface area contributed by atoms with Crippen LogP contribution in [-0.2, 0) is 6.54 Å². The molecule has 1 aliphatic carbocycles. The van der Waals surface area contributed by atoms with Gasteiger partial charge in [-0.1, -0.05) is 12.1 Å². The summed E-state index contributed by atoms with van der Waals surface area (Å²) in [6, 6.07) is 9.56. The van der Waals surface area contributed by atoms with Gasteiger partial charge in [-0.2, -0.15) is 5.10 Å². The van der Waals surface area contributed by atoms with Crippen molar-refractivity contribution >= 4 is 0 Å². The maximum absolute atomic E-state index is 4.18. The minimum Gasteiger partial charge on any atom is -0.317 e. The van der Waals surface area contributed by atoms with Gasteiger partial charge in [-0.25, -0.2) is 9.67 Å². The van der Waals surface area contributed by atoms with Crippen LogP contribution < -0.4 is 5.32 Å². The lowest BCUT2D eigenvalue weighted by Crippen LogP contribution is -2.37. The first-order chi connectivity index (χ1) is 11.4. The van der Waals surface area contributed by atoms with Crippen molar-refractivity contribution in [2.24, 2.45) is 5.92 Å². The van der Waals surface area contributed by atoms with Crippen LogP contribution in [0.15, 0.2) is 36.9 Å². The van der Waals surface area contributed by atoms with Gasteiger partial charge in [0.25, 0.3) is 0 Å². The molecule has 1 aliphatic heterocycles. The molecule has 0 amide bonds. The Morgan fingerprint density at radius 2 is 1.87 bits per heavy atom. The average Bonchev–Trinajstić information content (AvgIpc) is 3.30. The Morgan fingerprint density at radius 1 is 1.09 bits per heavy atom. The second kappa shape index (κ2) is 6.81. The zero-order valence-corrected chi connectivity index (χ0v) is 13.6. The van der Waals surface area contributed by atoms with Crippen LogP contribution in [0.4, 0.5) is 0 Å². The Bertz CT molecular complexity index is 597. The van der Waals surface area contributed by atoms with E-state index in [9.17, 15) is 0 Å². The van der Waals surface area contributed by atoms with Crippen LogP contribution in [0.3, 0.4) is 0 Å². The third-order valence-corrected chi connectivity index (χ3v) is 5.02. The van der Waals surface area contributed by atoms with Gasteiger partial charge >= 0.3 is 0 Å². The maximum Gasteiger partial charge on any atom is 0.138 e. The molecule has 5 nitrogen and oxygen atoms in total. The molecule has 2 aliphatic rings. The average molecular weight is 311 g/mol. The standard InChI is InChI=1S/C18H25N5/c1-3-18(23-14-20-13-21-23)4-2-15(1)11-22(17-5-6-17)12-16-7-9-19-10-8-16/h1-4,13-14,16-17,19H,5-12H2. The van der Waals surface area contributed by atoms with E-state index in [0.29, 0.717) is 0 Å². The van der Waals surface area contributed by atoms with Crippen LogP contribution in [0.2, 0.25) is 0 Å². The molecular formula is C18H25N5. The van der Waals surface area contributed by atoms with Crippen molar-refractivity contribution in [3.63, 3.8) is 0 Å². The van der Waals surface area contributed by atoms with Crippen molar-refractivity contribution in [3.8, 4) is 5.69 Å². The largest absolute Gasteiger partial charge is 0.317 e. The van der Waals surface area contributed by atoms with Gasteiger partial charge in [-0.15, -0.1) is 0 Å². The van der Waals surface area contributed by atoms with Crippen molar-refractivity contribution in [1.29, 1.82) is 0 Å². The third-order valence-electron chi connectivity index (χ3n) is 5.02. The van der Waals surface area contributed by atoms with E-state index >= 15 is 0 Å². The molecular weight excluding hydrogens is 286 g/mol. The topological polar surface area (TPSA) is 46.0 Å². The SMILES string of the molecule is c1ncn(-c2ccc(CN(CC3CCNCC3)C3CC3)cc2)n1. The third kappa shape index (κ3) is 3.79. The highest BCUT2D eigenvalue weighted by Gasteiger charge is 2.30. The van der Waals surface area contributed by atoms with Gasteiger partial charge < -0.3 is 5.32 Å². The summed E-state index contributed by atoms with van der Waals surface area (Å²) in [4.78, 5) is 6.71. The Kier molecular flexibility index (Phi) is 4.39. The smallest absolute Gasteiger partial charge is 0.138 e. The fourth-order valence-corrected chi connectivity index (χ4v) is 3.51. The summed E-state index contributed by atoms with van der Waals surface area (Å²) in [5.74, 6) is 0.867. The number of hydrogen-bond donors (Lipinski definition) is 1. The Labute approximate surface area is 137 Å². The van der Waals surface area contributed by atoms with Crippen LogP contribution in [0.25, 0.3) is 5.69 Å². The fourth-order valence-electron chi connectivity index (χ4n) is 3.51. The Balaban J connectivity index is 1.40. The summed E-state index contributed by atoms with van der Waals surface area (Å²) >= 11 is 0. The van der Waals surface area contributed by atoms with Crippen LogP contribution in [0, 0.1) is 5.92 Å². The first-order valence-electron chi connectivity index (χ1n) is 8.77. The van der Waals surface area contributed by atoms with Crippen molar-refractivity contribution < 1.29 is 0 Å². The van der Waals surface area contributed by atoms with Crippen LogP contribution in [0.1, 0.15) is 31.2 Å². The lowest BCUT2D eigenvalue weighted by atomic mass is 9.97. The number of piperidine rings is 1. The summed E-state index contributed by atoms with van der Waals surface area (Å²) in [5, 5.41) is 7.65. The Morgan fingerprint density at radius 3 is 2.52 bits per heavy atom. The number of hydrogen-bond acceptors (Lipinski definition) is 4. The molecule has 23 heavy (non-hydrogen) atoms. The first-order valence-corrected chi connectivity index (χ1v) is 8.77. The molecule has 1 saturated carbocycles. The zero-order valence-electron chi connectivity index (χ0n) is 13.6. The van der Waals surface area contributed by atoms with Gasteiger partial charge in [0.1, 0.15) is 12.7 Å². The molecule has 1 aromatic heterocycles. The number of rotatable bonds is 6. The molecule has 2 fully saturated rings. The highest BCUT2D eigenvalue weighted by atomic mass is 15.3. The summed E-state index contributed by atoms with van der Waals surface area (Å²) in [6.45, 7) is 4.72. The maximum atomic E-state index is 4.18. The minimum absolute atomic E-state index is 0.819. The molecule has 1 N–H and O–H groups in total. The van der Waals surface area contributed by atoms with Crippen molar-refractivity contribution in [1.82, 2.24) is 25.0 Å². The van der Waals surface area contributed by atoms with E-state index < -0.39 is 0 Å². The summed E-state index contributed by atoms with van der Waals surface area (Å²) in [5.41, 5.74) is 2.47. The highest BCUT2D eigenvalue weighted by molar-refractivity contribution is 5.33. The second-order valence-electron chi connectivity index (χ2n) is 6.86. The lowest BCUT2D eigenvalue weighted by molar-refractivity contribution is 0.190. The lowest BCUT2D eigenvalue weighted by Gasteiger charge is -2.30. The zero-order chi connectivity index (χ0) is 15.5. The van der Waals surface area contributed by atoms with E-state index in [1.54, 1.807) is 17.3 Å². The molecule has 0 bridgehead atoms. The quantitative estimate of drug-likeness (QED) is 0.889. The first kappa shape index (κ1) is 14.8. The molecule has 2 heterocycles. The van der Waals surface area contributed by atoms with Gasteiger partial charge in [-0.3, -0.25) is 4.90 Å². The van der Waals surface area contributed by atoms with Crippen LogP contribution >= 0.6 is 0 Å². The predicted molar refractivity (Wildman–Crippen MR) is 90.4 cm³/mol. The number of aromatic nitrogens is 3. The van der Waals surface area contributed by atoms with Crippen LogP contribution in [-0.4, -0.2) is 45.3 Å². The van der Waals surface area contributed by atoms with E-state index in [-0.39, 0.29) is 0 Å². The van der Waals surface area contributed by atoms with E-state index in [1.165, 1.54) is 50.9 Å². The van der Waals surface area contributed by atoms with Crippen LogP contribution in [0.5, 0.6) is 0 Å². The molecule has 0 spiro atoms. The van der Waals surface area contributed by atoms with E-state index in [1.807, 2.05) is 0 Å². The molecule has 2 aromatic rings. The van der Waals surface area contributed by atoms with E-state index in [4.69, 9.17) is 0 Å². The fraction of sp³-hybridized carbons (Fsp3) is 0.556. The van der Waals surface area contributed by atoms with Gasteiger partial charge in [0.2, 0.25) is 0 Å². The molecule has 0 unspecified atom stereocenters. The van der Waals surface area contributed by atoms with E-state index in [2.05, 4.69) is 44.6 Å². The molecule has 1 aromatic carbocycles. The van der Waals surface area contributed by atoms with Gasteiger partial charge in [0.15, 0.2) is 0 Å². The van der Waals surface area contributed by atoms with Gasteiger partial charge in [0, 0.05) is 19.1 Å². The second-order valence-corrected chi connectivity index (χ2v) is 6.86. The van der Waals surface area contributed by atoms with Crippen molar-refractivity contribution in [3.05, 3.63) is 42.5 Å². The molecule has 0 atom stereocenters. The number of nitrogens with one attached hydrogen (secondary N) is 1. The molecule has 5 heteroatoms. The monoisotopic (exact) mass is 311 g/mol. The number of nitrogens with zero attached hydrogens (tertiary/aromatic N) is 4. The number of benzene rings is 1. The van der Waals surface area contributed by atoms with Crippen molar-refractivity contribution in [2.45, 2.75) is 38.3 Å². The summed E-state index contributed by atoms with van der Waals surface area (Å²) < 4.78 is 1.80. The van der Waals surface area contributed by atoms with Gasteiger partial charge in [0.05, 0.1) is 5.69 Å².